The van der Waals surface area contributed by atoms with Crippen LogP contribution in [-0.4, -0.2) is 19.7 Å². The van der Waals surface area contributed by atoms with Crippen molar-refractivity contribution < 1.29 is 0 Å². The van der Waals surface area contributed by atoms with Crippen LogP contribution in [0.4, 0.5) is 5.95 Å². The maximum absolute atomic E-state index is 5.56. The van der Waals surface area contributed by atoms with E-state index in [1.54, 1.807) is 10.9 Å². The van der Waals surface area contributed by atoms with E-state index in [9.17, 15) is 0 Å². The van der Waals surface area contributed by atoms with Gasteiger partial charge in [0, 0.05) is 18.9 Å². The third-order valence-corrected chi connectivity index (χ3v) is 2.62. The first-order valence-electron chi connectivity index (χ1n) is 4.41. The van der Waals surface area contributed by atoms with Crippen LogP contribution in [0.3, 0.4) is 0 Å². The number of rotatable bonds is 2. The lowest BCUT2D eigenvalue weighted by Crippen LogP contribution is -1.97. The van der Waals surface area contributed by atoms with Gasteiger partial charge in [-0.3, -0.25) is 4.68 Å². The standard InChI is InChI=1S/C9H11N5S/c1-6-3-8(13-9(10)12-6)15-7-4-11-14(2)5-7/h3-5H,1-2H3,(H2,10,12,13). The molecule has 15 heavy (non-hydrogen) atoms. The molecule has 2 rings (SSSR count). The number of nitrogens with two attached hydrogens (primary N) is 1. The lowest BCUT2D eigenvalue weighted by atomic mass is 10.5. The molecule has 0 amide bonds. The number of hydrogen-bond donors (Lipinski definition) is 1. The second kappa shape index (κ2) is 3.90. The van der Waals surface area contributed by atoms with E-state index in [1.807, 2.05) is 26.2 Å². The molecule has 2 N–H and O–H groups in total. The van der Waals surface area contributed by atoms with Crippen LogP contribution in [0.1, 0.15) is 5.69 Å². The molecule has 2 aromatic rings. The number of nitrogens with zero attached hydrogens (tertiary/aromatic N) is 4. The summed E-state index contributed by atoms with van der Waals surface area (Å²) in [7, 11) is 1.88. The van der Waals surface area contributed by atoms with Crippen LogP contribution in [0.25, 0.3) is 0 Å². The Hall–Kier alpha value is -1.56. The van der Waals surface area contributed by atoms with E-state index < -0.39 is 0 Å². The maximum Gasteiger partial charge on any atom is 0.221 e. The van der Waals surface area contributed by atoms with Crippen molar-refractivity contribution in [3.05, 3.63) is 24.2 Å². The minimum atomic E-state index is 0.307. The monoisotopic (exact) mass is 221 g/mol. The quantitative estimate of drug-likeness (QED) is 0.773. The number of aromatic nitrogens is 4. The summed E-state index contributed by atoms with van der Waals surface area (Å²) in [5.74, 6) is 0.307. The van der Waals surface area contributed by atoms with Gasteiger partial charge in [-0.2, -0.15) is 5.10 Å². The second-order valence-corrected chi connectivity index (χ2v) is 4.25. The Morgan fingerprint density at radius 2 is 2.20 bits per heavy atom. The first-order valence-corrected chi connectivity index (χ1v) is 5.23. The van der Waals surface area contributed by atoms with Gasteiger partial charge in [-0.15, -0.1) is 0 Å². The van der Waals surface area contributed by atoms with Crippen molar-refractivity contribution in [2.75, 3.05) is 5.73 Å². The van der Waals surface area contributed by atoms with Gasteiger partial charge in [0.1, 0.15) is 5.03 Å². The Balaban J connectivity index is 2.24. The molecule has 0 saturated carbocycles. The Bertz CT molecular complexity index is 459. The maximum atomic E-state index is 5.56. The number of anilines is 1. The summed E-state index contributed by atoms with van der Waals surface area (Å²) in [5, 5.41) is 4.92. The van der Waals surface area contributed by atoms with Crippen LogP contribution in [0, 0.1) is 6.92 Å². The molecule has 78 valence electrons. The first-order chi connectivity index (χ1) is 7.13. The SMILES string of the molecule is Cc1cc(Sc2cnn(C)c2)nc(N)n1. The highest BCUT2D eigenvalue weighted by atomic mass is 32.2. The fourth-order valence-electron chi connectivity index (χ4n) is 1.19. The van der Waals surface area contributed by atoms with Gasteiger partial charge in [-0.1, -0.05) is 11.8 Å². The number of aryl methyl sites for hydroxylation is 2. The Morgan fingerprint density at radius 1 is 1.40 bits per heavy atom. The Labute approximate surface area is 91.7 Å². The summed E-state index contributed by atoms with van der Waals surface area (Å²) in [4.78, 5) is 9.18. The zero-order valence-electron chi connectivity index (χ0n) is 8.51. The normalized spacial score (nSPS) is 10.5. The van der Waals surface area contributed by atoms with Crippen molar-refractivity contribution in [3.63, 3.8) is 0 Å². The molecule has 0 aliphatic carbocycles. The van der Waals surface area contributed by atoms with Crippen molar-refractivity contribution in [1.82, 2.24) is 19.7 Å². The predicted molar refractivity (Wildman–Crippen MR) is 58.5 cm³/mol. The third kappa shape index (κ3) is 2.47. The van der Waals surface area contributed by atoms with Crippen LogP contribution in [0.15, 0.2) is 28.4 Å². The first kappa shape index (κ1) is 9.97. The summed E-state index contributed by atoms with van der Waals surface area (Å²) in [6.07, 6.45) is 3.72. The van der Waals surface area contributed by atoms with E-state index in [1.165, 1.54) is 11.8 Å². The van der Waals surface area contributed by atoms with E-state index in [-0.39, 0.29) is 0 Å². The van der Waals surface area contributed by atoms with Gasteiger partial charge in [0.15, 0.2) is 0 Å². The minimum absolute atomic E-state index is 0.307. The Kier molecular flexibility index (Phi) is 2.59. The molecule has 2 aromatic heterocycles. The predicted octanol–water partition coefficient (Wildman–Crippen LogP) is 1.25. The van der Waals surface area contributed by atoms with Gasteiger partial charge in [0.05, 0.1) is 11.1 Å². The van der Waals surface area contributed by atoms with E-state index in [4.69, 9.17) is 5.73 Å². The topological polar surface area (TPSA) is 69.6 Å². The molecule has 0 aromatic carbocycles. The van der Waals surface area contributed by atoms with Crippen molar-refractivity contribution in [2.45, 2.75) is 16.8 Å². The highest BCUT2D eigenvalue weighted by Crippen LogP contribution is 2.25. The fraction of sp³-hybridized carbons (Fsp3) is 0.222. The average Bonchev–Trinajstić information content (AvgIpc) is 2.49. The molecule has 5 nitrogen and oxygen atoms in total. The van der Waals surface area contributed by atoms with Crippen molar-refractivity contribution in [3.8, 4) is 0 Å². The summed E-state index contributed by atoms with van der Waals surface area (Å²) >= 11 is 1.52. The van der Waals surface area contributed by atoms with Crippen LogP contribution in [0.5, 0.6) is 0 Å². The highest BCUT2D eigenvalue weighted by Gasteiger charge is 2.03. The molecule has 0 radical (unpaired) electrons. The largest absolute Gasteiger partial charge is 0.368 e. The summed E-state index contributed by atoms with van der Waals surface area (Å²) in [6, 6.07) is 1.90. The zero-order chi connectivity index (χ0) is 10.8. The van der Waals surface area contributed by atoms with Gasteiger partial charge in [-0.25, -0.2) is 9.97 Å². The number of nitrogen functional groups attached to an aromatic ring is 1. The van der Waals surface area contributed by atoms with E-state index in [2.05, 4.69) is 15.1 Å². The second-order valence-electron chi connectivity index (χ2n) is 3.16. The molecule has 6 heteroatoms. The smallest absolute Gasteiger partial charge is 0.221 e. The summed E-state index contributed by atoms with van der Waals surface area (Å²) in [5.41, 5.74) is 6.43. The molecule has 0 unspecified atom stereocenters. The molecule has 0 bridgehead atoms. The molecule has 0 spiro atoms. The van der Waals surface area contributed by atoms with Gasteiger partial charge >= 0.3 is 0 Å². The third-order valence-electron chi connectivity index (χ3n) is 1.75. The lowest BCUT2D eigenvalue weighted by Gasteiger charge is -2.00. The average molecular weight is 221 g/mol. The van der Waals surface area contributed by atoms with Gasteiger partial charge < -0.3 is 5.73 Å². The Morgan fingerprint density at radius 3 is 2.80 bits per heavy atom. The fourth-order valence-corrected chi connectivity index (χ4v) is 2.10. The van der Waals surface area contributed by atoms with Crippen LogP contribution >= 0.6 is 11.8 Å². The molecule has 0 fully saturated rings. The van der Waals surface area contributed by atoms with Gasteiger partial charge in [0.25, 0.3) is 0 Å². The van der Waals surface area contributed by atoms with Crippen LogP contribution in [0.2, 0.25) is 0 Å². The highest BCUT2D eigenvalue weighted by molar-refractivity contribution is 7.99. The summed E-state index contributed by atoms with van der Waals surface area (Å²) in [6.45, 7) is 1.89. The molecular weight excluding hydrogens is 210 g/mol. The van der Waals surface area contributed by atoms with Crippen LogP contribution in [-0.2, 0) is 7.05 Å². The molecule has 2 heterocycles. The van der Waals surface area contributed by atoms with E-state index in [0.717, 1.165) is 15.6 Å². The van der Waals surface area contributed by atoms with Gasteiger partial charge in [0.2, 0.25) is 5.95 Å². The van der Waals surface area contributed by atoms with Crippen molar-refractivity contribution in [1.29, 1.82) is 0 Å². The lowest BCUT2D eigenvalue weighted by molar-refractivity contribution is 0.766. The molecular formula is C9H11N5S. The zero-order valence-corrected chi connectivity index (χ0v) is 9.32. The van der Waals surface area contributed by atoms with E-state index in [0.29, 0.717) is 5.95 Å². The minimum Gasteiger partial charge on any atom is -0.368 e. The molecule has 0 saturated heterocycles. The molecule has 0 atom stereocenters. The number of hydrogen-bond acceptors (Lipinski definition) is 5. The van der Waals surface area contributed by atoms with Gasteiger partial charge in [-0.05, 0) is 13.0 Å². The van der Waals surface area contributed by atoms with Crippen molar-refractivity contribution >= 4 is 17.7 Å². The van der Waals surface area contributed by atoms with E-state index >= 15 is 0 Å². The summed E-state index contributed by atoms with van der Waals surface area (Å²) < 4.78 is 1.75. The molecule has 0 aliphatic heterocycles. The van der Waals surface area contributed by atoms with Crippen molar-refractivity contribution in [2.24, 2.45) is 7.05 Å². The van der Waals surface area contributed by atoms with Crippen LogP contribution < -0.4 is 5.73 Å². The molecule has 0 aliphatic rings.